The van der Waals surface area contributed by atoms with Crippen LogP contribution in [0, 0.1) is 6.92 Å². The highest BCUT2D eigenvalue weighted by atomic mass is 16.2. The number of hydrogen-bond acceptors (Lipinski definition) is 4. The van der Waals surface area contributed by atoms with Gasteiger partial charge >= 0.3 is 0 Å². The minimum atomic E-state index is 0.0958. The normalized spacial score (nSPS) is 18.3. The molecular formula is C16H29N5O. The summed E-state index contributed by atoms with van der Waals surface area (Å²) in [5.74, 6) is 0.0958. The average molecular weight is 307 g/mol. The maximum atomic E-state index is 12.0. The molecule has 1 fully saturated rings. The van der Waals surface area contributed by atoms with Crippen molar-refractivity contribution < 1.29 is 4.79 Å². The molecule has 1 aromatic heterocycles. The van der Waals surface area contributed by atoms with Crippen LogP contribution in [0.4, 0.5) is 0 Å². The van der Waals surface area contributed by atoms with E-state index in [1.54, 1.807) is 0 Å². The SMILES string of the molecule is CCN1CCC(NC(=O)CN[C@@H](C)Cn2cc(C)cn2)CC1. The van der Waals surface area contributed by atoms with Crippen LogP contribution in [0.15, 0.2) is 12.4 Å². The molecule has 2 rings (SSSR count). The second-order valence-corrected chi connectivity index (χ2v) is 6.30. The topological polar surface area (TPSA) is 62.2 Å². The number of nitrogens with one attached hydrogen (secondary N) is 2. The summed E-state index contributed by atoms with van der Waals surface area (Å²) in [4.78, 5) is 14.4. The fourth-order valence-electron chi connectivity index (χ4n) is 2.85. The summed E-state index contributed by atoms with van der Waals surface area (Å²) < 4.78 is 1.91. The second-order valence-electron chi connectivity index (χ2n) is 6.30. The smallest absolute Gasteiger partial charge is 0.234 e. The van der Waals surface area contributed by atoms with Gasteiger partial charge in [0.1, 0.15) is 0 Å². The van der Waals surface area contributed by atoms with E-state index >= 15 is 0 Å². The first-order valence-corrected chi connectivity index (χ1v) is 8.31. The molecule has 0 aliphatic carbocycles. The van der Waals surface area contributed by atoms with Crippen molar-refractivity contribution in [2.75, 3.05) is 26.2 Å². The number of aromatic nitrogens is 2. The van der Waals surface area contributed by atoms with Crippen molar-refractivity contribution in [1.29, 1.82) is 0 Å². The van der Waals surface area contributed by atoms with Crippen molar-refractivity contribution >= 4 is 5.91 Å². The molecule has 0 spiro atoms. The zero-order valence-electron chi connectivity index (χ0n) is 14.0. The van der Waals surface area contributed by atoms with Crippen LogP contribution in [0.1, 0.15) is 32.3 Å². The van der Waals surface area contributed by atoms with E-state index in [-0.39, 0.29) is 11.9 Å². The maximum absolute atomic E-state index is 12.0. The first kappa shape index (κ1) is 17.0. The summed E-state index contributed by atoms with van der Waals surface area (Å²) in [7, 11) is 0. The third kappa shape index (κ3) is 5.42. The van der Waals surface area contributed by atoms with Crippen LogP contribution in [0.3, 0.4) is 0 Å². The van der Waals surface area contributed by atoms with E-state index in [9.17, 15) is 4.79 Å². The predicted octanol–water partition coefficient (Wildman–Crippen LogP) is 0.770. The van der Waals surface area contributed by atoms with Gasteiger partial charge in [0.2, 0.25) is 5.91 Å². The van der Waals surface area contributed by atoms with Gasteiger partial charge in [0.05, 0.1) is 19.3 Å². The van der Waals surface area contributed by atoms with E-state index in [0.29, 0.717) is 12.6 Å². The molecule has 6 heteroatoms. The molecule has 2 N–H and O–H groups in total. The Labute approximate surface area is 133 Å². The van der Waals surface area contributed by atoms with Crippen molar-refractivity contribution in [3.05, 3.63) is 18.0 Å². The lowest BCUT2D eigenvalue weighted by Crippen LogP contribution is -2.47. The lowest BCUT2D eigenvalue weighted by atomic mass is 10.1. The molecule has 2 heterocycles. The van der Waals surface area contributed by atoms with Gasteiger partial charge in [-0.2, -0.15) is 5.10 Å². The molecule has 22 heavy (non-hydrogen) atoms. The summed E-state index contributed by atoms with van der Waals surface area (Å²) in [5, 5.41) is 10.7. The third-order valence-corrected chi connectivity index (χ3v) is 4.23. The number of hydrogen-bond donors (Lipinski definition) is 2. The van der Waals surface area contributed by atoms with Gasteiger partial charge in [-0.25, -0.2) is 0 Å². The van der Waals surface area contributed by atoms with Crippen LogP contribution in [-0.2, 0) is 11.3 Å². The van der Waals surface area contributed by atoms with Crippen LogP contribution in [0.5, 0.6) is 0 Å². The summed E-state index contributed by atoms with van der Waals surface area (Å²) >= 11 is 0. The molecule has 1 saturated heterocycles. The van der Waals surface area contributed by atoms with Crippen molar-refractivity contribution in [3.63, 3.8) is 0 Å². The first-order chi connectivity index (χ1) is 10.6. The molecule has 0 unspecified atom stereocenters. The van der Waals surface area contributed by atoms with Crippen LogP contribution in [-0.4, -0.2) is 58.9 Å². The maximum Gasteiger partial charge on any atom is 0.234 e. The highest BCUT2D eigenvalue weighted by Gasteiger charge is 2.19. The first-order valence-electron chi connectivity index (χ1n) is 8.31. The Kier molecular flexibility index (Phi) is 6.39. The van der Waals surface area contributed by atoms with Gasteiger partial charge in [-0.05, 0) is 38.8 Å². The zero-order chi connectivity index (χ0) is 15.9. The van der Waals surface area contributed by atoms with Gasteiger partial charge in [0, 0.05) is 31.4 Å². The molecule has 1 aromatic rings. The highest BCUT2D eigenvalue weighted by molar-refractivity contribution is 5.78. The lowest BCUT2D eigenvalue weighted by molar-refractivity contribution is -0.121. The molecule has 124 valence electrons. The predicted molar refractivity (Wildman–Crippen MR) is 87.7 cm³/mol. The quantitative estimate of drug-likeness (QED) is 0.781. The van der Waals surface area contributed by atoms with E-state index in [2.05, 4.69) is 34.5 Å². The van der Waals surface area contributed by atoms with E-state index in [0.717, 1.165) is 44.6 Å². The molecule has 0 aromatic carbocycles. The fraction of sp³-hybridized carbons (Fsp3) is 0.750. The number of aryl methyl sites for hydroxylation is 1. The minimum Gasteiger partial charge on any atom is -0.352 e. The van der Waals surface area contributed by atoms with Crippen molar-refractivity contribution in [2.24, 2.45) is 0 Å². The summed E-state index contributed by atoms with van der Waals surface area (Å²) in [6.45, 7) is 10.7. The van der Waals surface area contributed by atoms with E-state index < -0.39 is 0 Å². The molecular weight excluding hydrogens is 278 g/mol. The fourth-order valence-corrected chi connectivity index (χ4v) is 2.85. The summed E-state index contributed by atoms with van der Waals surface area (Å²) in [6.07, 6.45) is 5.98. The zero-order valence-corrected chi connectivity index (χ0v) is 14.0. The van der Waals surface area contributed by atoms with Crippen LogP contribution in [0.25, 0.3) is 0 Å². The van der Waals surface area contributed by atoms with Crippen molar-refractivity contribution in [3.8, 4) is 0 Å². The minimum absolute atomic E-state index is 0.0958. The van der Waals surface area contributed by atoms with Gasteiger partial charge in [0.15, 0.2) is 0 Å². The Morgan fingerprint density at radius 1 is 1.45 bits per heavy atom. The molecule has 1 aliphatic heterocycles. The van der Waals surface area contributed by atoms with Crippen LogP contribution >= 0.6 is 0 Å². The molecule has 1 atom stereocenters. The number of carbonyl (C=O) groups is 1. The van der Waals surface area contributed by atoms with Gasteiger partial charge < -0.3 is 15.5 Å². The van der Waals surface area contributed by atoms with E-state index in [1.807, 2.05) is 24.0 Å². The number of piperidine rings is 1. The molecule has 1 amide bonds. The molecule has 1 aliphatic rings. The Hall–Kier alpha value is -1.40. The van der Waals surface area contributed by atoms with Gasteiger partial charge in [-0.15, -0.1) is 0 Å². The number of amides is 1. The van der Waals surface area contributed by atoms with Gasteiger partial charge in [-0.3, -0.25) is 9.48 Å². The molecule has 6 nitrogen and oxygen atoms in total. The van der Waals surface area contributed by atoms with Crippen molar-refractivity contribution in [1.82, 2.24) is 25.3 Å². The molecule has 0 radical (unpaired) electrons. The molecule has 0 saturated carbocycles. The van der Waals surface area contributed by atoms with Crippen molar-refractivity contribution in [2.45, 2.75) is 52.2 Å². The Bertz CT molecular complexity index is 465. The Balaban J connectivity index is 1.63. The number of likely N-dealkylation sites (tertiary alicyclic amines) is 1. The van der Waals surface area contributed by atoms with Crippen LogP contribution in [0.2, 0.25) is 0 Å². The van der Waals surface area contributed by atoms with E-state index in [1.165, 1.54) is 0 Å². The lowest BCUT2D eigenvalue weighted by Gasteiger charge is -2.31. The highest BCUT2D eigenvalue weighted by Crippen LogP contribution is 2.09. The number of rotatable bonds is 7. The second kappa shape index (κ2) is 8.29. The molecule has 0 bridgehead atoms. The number of carbonyl (C=O) groups excluding carboxylic acids is 1. The summed E-state index contributed by atoms with van der Waals surface area (Å²) in [6, 6.07) is 0.549. The third-order valence-electron chi connectivity index (χ3n) is 4.23. The van der Waals surface area contributed by atoms with Gasteiger partial charge in [0.25, 0.3) is 0 Å². The monoisotopic (exact) mass is 307 g/mol. The summed E-state index contributed by atoms with van der Waals surface area (Å²) in [5.41, 5.74) is 1.16. The van der Waals surface area contributed by atoms with Gasteiger partial charge in [-0.1, -0.05) is 6.92 Å². The van der Waals surface area contributed by atoms with E-state index in [4.69, 9.17) is 0 Å². The van der Waals surface area contributed by atoms with Crippen LogP contribution < -0.4 is 10.6 Å². The average Bonchev–Trinajstić information content (AvgIpc) is 2.91. The Morgan fingerprint density at radius 2 is 2.18 bits per heavy atom. The number of nitrogens with zero attached hydrogens (tertiary/aromatic N) is 3. The Morgan fingerprint density at radius 3 is 2.77 bits per heavy atom. The standard InChI is InChI=1S/C16H29N5O/c1-4-20-7-5-15(6-8-20)19-16(22)10-17-14(3)12-21-11-13(2)9-18-21/h9,11,14-15,17H,4-8,10,12H2,1-3H3,(H,19,22)/t14-/m0/s1. The largest absolute Gasteiger partial charge is 0.352 e.